The Hall–Kier alpha value is -2.66. The highest BCUT2D eigenvalue weighted by molar-refractivity contribution is 6.35. The summed E-state index contributed by atoms with van der Waals surface area (Å²) in [5, 5.41) is 4.57. The molecule has 4 nitrogen and oxygen atoms in total. The molecule has 3 aromatic carbocycles. The number of hydrogen-bond acceptors (Lipinski definition) is 3. The molecule has 3 aromatic rings. The van der Waals surface area contributed by atoms with Crippen molar-refractivity contribution >= 4 is 40.7 Å². The number of carbonyl (C=O) groups excluding carboxylic acids is 2. The van der Waals surface area contributed by atoms with Gasteiger partial charge in [0.25, 0.3) is 0 Å². The van der Waals surface area contributed by atoms with E-state index in [4.69, 9.17) is 23.2 Å². The zero-order chi connectivity index (χ0) is 21.5. The Morgan fingerprint density at radius 3 is 2.13 bits per heavy atom. The summed E-state index contributed by atoms with van der Waals surface area (Å²) >= 11 is 12.6. The van der Waals surface area contributed by atoms with Gasteiger partial charge < -0.3 is 5.32 Å². The predicted octanol–water partition coefficient (Wildman–Crippen LogP) is 5.05. The van der Waals surface area contributed by atoms with E-state index >= 15 is 0 Å². The molecule has 0 spiro atoms. The normalized spacial score (nSPS) is 25.2. The number of imide groups is 1. The number of halogens is 2. The zero-order valence-electron chi connectivity index (χ0n) is 16.5. The second-order valence-electron chi connectivity index (χ2n) is 8.01. The average molecular weight is 451 g/mol. The molecule has 0 aromatic heterocycles. The fraction of sp³-hybridized carbons (Fsp3) is 0.200. The van der Waals surface area contributed by atoms with Crippen molar-refractivity contribution in [1.82, 2.24) is 5.32 Å². The molecule has 2 saturated heterocycles. The third-order valence-corrected chi connectivity index (χ3v) is 6.76. The van der Waals surface area contributed by atoms with Gasteiger partial charge in [-0.05, 0) is 41.8 Å². The fourth-order valence-corrected chi connectivity index (χ4v) is 5.37. The molecular weight excluding hydrogens is 431 g/mol. The molecule has 4 unspecified atom stereocenters. The topological polar surface area (TPSA) is 49.4 Å². The number of carbonyl (C=O) groups is 2. The van der Waals surface area contributed by atoms with Crippen molar-refractivity contribution in [1.29, 1.82) is 0 Å². The van der Waals surface area contributed by atoms with Crippen LogP contribution in [0.1, 0.15) is 17.2 Å². The molecule has 4 atom stereocenters. The van der Waals surface area contributed by atoms with E-state index in [2.05, 4.69) is 5.32 Å². The van der Waals surface area contributed by atoms with Crippen molar-refractivity contribution in [3.8, 4) is 0 Å². The van der Waals surface area contributed by atoms with Crippen molar-refractivity contribution < 1.29 is 9.59 Å². The van der Waals surface area contributed by atoms with Crippen LogP contribution in [0.4, 0.5) is 5.69 Å². The summed E-state index contributed by atoms with van der Waals surface area (Å²) in [7, 11) is 0. The largest absolute Gasteiger partial charge is 0.305 e. The monoisotopic (exact) mass is 450 g/mol. The summed E-state index contributed by atoms with van der Waals surface area (Å²) in [4.78, 5) is 28.4. The van der Waals surface area contributed by atoms with Crippen LogP contribution in [0, 0.1) is 11.8 Å². The maximum absolute atomic E-state index is 13.6. The second-order valence-corrected chi connectivity index (χ2v) is 8.85. The van der Waals surface area contributed by atoms with Gasteiger partial charge in [0.2, 0.25) is 11.8 Å². The van der Waals surface area contributed by atoms with Gasteiger partial charge in [-0.25, -0.2) is 4.90 Å². The Morgan fingerprint density at radius 1 is 0.806 bits per heavy atom. The Balaban J connectivity index is 1.56. The van der Waals surface area contributed by atoms with Crippen molar-refractivity contribution in [3.63, 3.8) is 0 Å². The van der Waals surface area contributed by atoms with Gasteiger partial charge >= 0.3 is 0 Å². The highest BCUT2D eigenvalue weighted by Crippen LogP contribution is 2.47. The van der Waals surface area contributed by atoms with Crippen molar-refractivity contribution in [2.75, 3.05) is 4.90 Å². The minimum absolute atomic E-state index is 0.165. The maximum atomic E-state index is 13.6. The first kappa shape index (κ1) is 20.3. The Bertz CT molecular complexity index is 1140. The van der Waals surface area contributed by atoms with Crippen LogP contribution >= 0.6 is 23.2 Å². The zero-order valence-corrected chi connectivity index (χ0v) is 18.1. The molecule has 0 saturated carbocycles. The minimum Gasteiger partial charge on any atom is -0.305 e. The lowest BCUT2D eigenvalue weighted by Crippen LogP contribution is -2.40. The number of anilines is 1. The van der Waals surface area contributed by atoms with E-state index in [1.807, 2.05) is 54.6 Å². The summed E-state index contributed by atoms with van der Waals surface area (Å²) in [5.74, 6) is -1.35. The maximum Gasteiger partial charge on any atom is 0.239 e. The van der Waals surface area contributed by atoms with Crippen LogP contribution in [-0.4, -0.2) is 17.9 Å². The van der Waals surface area contributed by atoms with E-state index in [0.29, 0.717) is 22.2 Å². The van der Waals surface area contributed by atoms with Crippen molar-refractivity contribution in [2.45, 2.75) is 18.5 Å². The van der Waals surface area contributed by atoms with Crippen LogP contribution in [0.15, 0.2) is 78.9 Å². The van der Waals surface area contributed by atoms with Gasteiger partial charge in [0.05, 0.1) is 17.5 Å². The third kappa shape index (κ3) is 3.55. The lowest BCUT2D eigenvalue weighted by Gasteiger charge is -2.23. The first-order valence-electron chi connectivity index (χ1n) is 10.2. The van der Waals surface area contributed by atoms with Gasteiger partial charge in [-0.1, -0.05) is 77.8 Å². The molecular formula is C25H20Cl2N2O2. The summed E-state index contributed by atoms with van der Waals surface area (Å²) in [6, 6.07) is 23.8. The number of para-hydroxylation sites is 1. The van der Waals surface area contributed by atoms with Crippen molar-refractivity contribution in [2.24, 2.45) is 11.8 Å². The molecule has 2 amide bonds. The Labute approximate surface area is 190 Å². The van der Waals surface area contributed by atoms with Gasteiger partial charge in [0, 0.05) is 22.1 Å². The highest BCUT2D eigenvalue weighted by atomic mass is 35.5. The molecule has 31 heavy (non-hydrogen) atoms. The average Bonchev–Trinajstić information content (AvgIpc) is 3.26. The van der Waals surface area contributed by atoms with Crippen LogP contribution in [-0.2, 0) is 16.0 Å². The van der Waals surface area contributed by atoms with Gasteiger partial charge in [0.15, 0.2) is 0 Å². The predicted molar refractivity (Wildman–Crippen MR) is 122 cm³/mol. The van der Waals surface area contributed by atoms with Crippen LogP contribution in [0.5, 0.6) is 0 Å². The molecule has 1 N–H and O–H groups in total. The number of rotatable bonds is 4. The van der Waals surface area contributed by atoms with Crippen LogP contribution in [0.3, 0.4) is 0 Å². The standard InChI is InChI=1S/C25H20Cl2N2O2/c26-16-11-12-18(19(27)14-16)23-22-21(20(28-23)13-15-7-3-1-4-8-15)24(30)29(25(22)31)17-9-5-2-6-10-17/h1-12,14,20-23,28H,13H2. The summed E-state index contributed by atoms with van der Waals surface area (Å²) < 4.78 is 0. The second kappa shape index (κ2) is 8.12. The summed E-state index contributed by atoms with van der Waals surface area (Å²) in [6.07, 6.45) is 0.644. The van der Waals surface area contributed by atoms with E-state index in [0.717, 1.165) is 11.1 Å². The van der Waals surface area contributed by atoms with Gasteiger partial charge in [-0.15, -0.1) is 0 Å². The van der Waals surface area contributed by atoms with E-state index in [-0.39, 0.29) is 23.9 Å². The molecule has 0 bridgehead atoms. The first-order chi connectivity index (χ1) is 15.0. The Kier molecular flexibility index (Phi) is 5.30. The van der Waals surface area contributed by atoms with Crippen molar-refractivity contribution in [3.05, 3.63) is 100 Å². The Morgan fingerprint density at radius 2 is 1.45 bits per heavy atom. The van der Waals surface area contributed by atoms with E-state index in [9.17, 15) is 9.59 Å². The highest BCUT2D eigenvalue weighted by Gasteiger charge is 2.59. The molecule has 2 heterocycles. The molecule has 5 rings (SSSR count). The number of amides is 2. The van der Waals surface area contributed by atoms with Crippen LogP contribution < -0.4 is 10.2 Å². The number of fused-ring (bicyclic) bond motifs is 1. The SMILES string of the molecule is O=C1C2C(Cc3ccccc3)NC(c3ccc(Cl)cc3Cl)C2C(=O)N1c1ccccc1. The smallest absolute Gasteiger partial charge is 0.239 e. The quantitative estimate of drug-likeness (QED) is 0.565. The van der Waals surface area contributed by atoms with E-state index < -0.39 is 11.8 Å². The molecule has 0 aliphatic carbocycles. The van der Waals surface area contributed by atoms with Crippen LogP contribution in [0.2, 0.25) is 10.0 Å². The van der Waals surface area contributed by atoms with Gasteiger partial charge in [-0.2, -0.15) is 0 Å². The molecule has 2 fully saturated rings. The van der Waals surface area contributed by atoms with Gasteiger partial charge in [-0.3, -0.25) is 9.59 Å². The number of hydrogen-bond donors (Lipinski definition) is 1. The lowest BCUT2D eigenvalue weighted by atomic mass is 9.85. The molecule has 2 aliphatic rings. The summed E-state index contributed by atoms with van der Waals surface area (Å²) in [5.41, 5.74) is 2.50. The minimum atomic E-state index is -0.528. The molecule has 0 radical (unpaired) electrons. The summed E-state index contributed by atoms with van der Waals surface area (Å²) in [6.45, 7) is 0. The lowest BCUT2D eigenvalue weighted by molar-refractivity contribution is -0.123. The first-order valence-corrected chi connectivity index (χ1v) is 11.0. The van der Waals surface area contributed by atoms with E-state index in [1.165, 1.54) is 4.90 Å². The van der Waals surface area contributed by atoms with E-state index in [1.54, 1.807) is 24.3 Å². The number of nitrogens with one attached hydrogen (secondary N) is 1. The number of benzene rings is 3. The van der Waals surface area contributed by atoms with Crippen LogP contribution in [0.25, 0.3) is 0 Å². The fourth-order valence-electron chi connectivity index (χ4n) is 4.85. The number of nitrogens with zero attached hydrogens (tertiary/aromatic N) is 1. The van der Waals surface area contributed by atoms with Gasteiger partial charge in [0.1, 0.15) is 0 Å². The molecule has 2 aliphatic heterocycles. The molecule has 156 valence electrons. The molecule has 6 heteroatoms. The third-order valence-electron chi connectivity index (χ3n) is 6.19.